The summed E-state index contributed by atoms with van der Waals surface area (Å²) in [5.74, 6) is 3.96. The standard InChI is InChI=1S/C11H19N3S2/c1-14-8-10(6-13-14)2-3-12-7-11-9-15-4-5-16-11/h6,8,11-12H,2-5,7,9H2,1H3. The minimum atomic E-state index is 0.813. The highest BCUT2D eigenvalue weighted by Crippen LogP contribution is 2.23. The second-order valence-electron chi connectivity index (χ2n) is 4.04. The maximum Gasteiger partial charge on any atom is 0.0522 e. The van der Waals surface area contributed by atoms with E-state index in [-0.39, 0.29) is 0 Å². The van der Waals surface area contributed by atoms with Crippen molar-refractivity contribution in [3.63, 3.8) is 0 Å². The Bertz CT molecular complexity index is 308. The Balaban J connectivity index is 1.57. The van der Waals surface area contributed by atoms with Crippen LogP contribution in [0.2, 0.25) is 0 Å². The van der Waals surface area contributed by atoms with E-state index in [0.29, 0.717) is 0 Å². The van der Waals surface area contributed by atoms with Crippen molar-refractivity contribution in [1.82, 2.24) is 15.1 Å². The van der Waals surface area contributed by atoms with Gasteiger partial charge in [-0.1, -0.05) is 0 Å². The Morgan fingerprint density at radius 2 is 2.50 bits per heavy atom. The molecule has 3 nitrogen and oxygen atoms in total. The average molecular weight is 257 g/mol. The molecule has 16 heavy (non-hydrogen) atoms. The zero-order chi connectivity index (χ0) is 11.2. The van der Waals surface area contributed by atoms with Crippen molar-refractivity contribution in [2.45, 2.75) is 11.7 Å². The largest absolute Gasteiger partial charge is 0.315 e. The fraction of sp³-hybridized carbons (Fsp3) is 0.727. The molecule has 1 aliphatic heterocycles. The Morgan fingerprint density at radius 3 is 3.19 bits per heavy atom. The van der Waals surface area contributed by atoms with Crippen molar-refractivity contribution in [2.75, 3.05) is 30.3 Å². The summed E-state index contributed by atoms with van der Waals surface area (Å²) in [5, 5.41) is 8.52. The first kappa shape index (κ1) is 12.3. The molecular weight excluding hydrogens is 238 g/mol. The minimum absolute atomic E-state index is 0.813. The van der Waals surface area contributed by atoms with E-state index in [0.717, 1.165) is 24.8 Å². The fourth-order valence-corrected chi connectivity index (χ4v) is 4.40. The van der Waals surface area contributed by atoms with E-state index < -0.39 is 0 Å². The fourth-order valence-electron chi connectivity index (χ4n) is 1.75. The Hall–Kier alpha value is -0.130. The van der Waals surface area contributed by atoms with Crippen LogP contribution in [0.1, 0.15) is 5.56 Å². The normalized spacial score (nSPS) is 21.2. The molecule has 0 aromatic carbocycles. The summed E-state index contributed by atoms with van der Waals surface area (Å²) < 4.78 is 1.86. The summed E-state index contributed by atoms with van der Waals surface area (Å²) in [4.78, 5) is 0. The molecule has 1 fully saturated rings. The molecule has 0 radical (unpaired) electrons. The molecule has 1 aromatic rings. The number of hydrogen-bond acceptors (Lipinski definition) is 4. The van der Waals surface area contributed by atoms with Crippen molar-refractivity contribution < 1.29 is 0 Å². The van der Waals surface area contributed by atoms with Gasteiger partial charge < -0.3 is 5.32 Å². The van der Waals surface area contributed by atoms with Gasteiger partial charge in [-0.3, -0.25) is 4.68 Å². The monoisotopic (exact) mass is 257 g/mol. The van der Waals surface area contributed by atoms with Crippen LogP contribution in [-0.2, 0) is 13.5 Å². The number of nitrogens with one attached hydrogen (secondary N) is 1. The van der Waals surface area contributed by atoms with Gasteiger partial charge in [0.1, 0.15) is 0 Å². The minimum Gasteiger partial charge on any atom is -0.315 e. The lowest BCUT2D eigenvalue weighted by Crippen LogP contribution is -2.30. The number of aromatic nitrogens is 2. The zero-order valence-corrected chi connectivity index (χ0v) is 11.3. The summed E-state index contributed by atoms with van der Waals surface area (Å²) in [6.07, 6.45) is 5.12. The lowest BCUT2D eigenvalue weighted by atomic mass is 10.2. The third-order valence-corrected chi connectivity index (χ3v) is 5.45. The van der Waals surface area contributed by atoms with E-state index in [9.17, 15) is 0 Å². The van der Waals surface area contributed by atoms with Gasteiger partial charge in [0.25, 0.3) is 0 Å². The van der Waals surface area contributed by atoms with Crippen LogP contribution in [0.4, 0.5) is 0 Å². The van der Waals surface area contributed by atoms with Crippen molar-refractivity contribution in [1.29, 1.82) is 0 Å². The molecule has 1 saturated heterocycles. The lowest BCUT2D eigenvalue weighted by molar-refractivity contribution is 0.680. The Morgan fingerprint density at radius 1 is 1.56 bits per heavy atom. The van der Waals surface area contributed by atoms with E-state index in [1.807, 2.05) is 17.9 Å². The van der Waals surface area contributed by atoms with Crippen LogP contribution < -0.4 is 5.32 Å². The summed E-state index contributed by atoms with van der Waals surface area (Å²) in [6, 6.07) is 0. The van der Waals surface area contributed by atoms with Crippen LogP contribution in [-0.4, -0.2) is 45.4 Å². The molecule has 0 saturated carbocycles. The SMILES string of the molecule is Cn1cc(CCNCC2CSCCS2)cn1. The van der Waals surface area contributed by atoms with Crippen LogP contribution in [0, 0.1) is 0 Å². The molecule has 0 spiro atoms. The van der Waals surface area contributed by atoms with Crippen molar-refractivity contribution >= 4 is 23.5 Å². The first-order valence-electron chi connectivity index (χ1n) is 5.72. The average Bonchev–Trinajstić information content (AvgIpc) is 2.72. The second-order valence-corrected chi connectivity index (χ2v) is 6.60. The van der Waals surface area contributed by atoms with Crippen molar-refractivity contribution in [3.8, 4) is 0 Å². The Kier molecular flexibility index (Phi) is 5.06. The first-order chi connectivity index (χ1) is 7.84. The van der Waals surface area contributed by atoms with Gasteiger partial charge in [-0.15, -0.1) is 0 Å². The van der Waals surface area contributed by atoms with Crippen molar-refractivity contribution in [2.24, 2.45) is 7.05 Å². The number of hydrogen-bond donors (Lipinski definition) is 1. The molecule has 0 aliphatic carbocycles. The van der Waals surface area contributed by atoms with Gasteiger partial charge in [-0.25, -0.2) is 0 Å². The van der Waals surface area contributed by atoms with Gasteiger partial charge in [-0.2, -0.15) is 28.6 Å². The summed E-state index contributed by atoms with van der Waals surface area (Å²) in [6.45, 7) is 2.21. The molecule has 1 aliphatic rings. The highest BCUT2D eigenvalue weighted by atomic mass is 32.2. The van der Waals surface area contributed by atoms with Gasteiger partial charge in [0.2, 0.25) is 0 Å². The predicted molar refractivity (Wildman–Crippen MR) is 73.4 cm³/mol. The highest BCUT2D eigenvalue weighted by Gasteiger charge is 2.13. The molecule has 1 N–H and O–H groups in total. The molecule has 2 rings (SSSR count). The van der Waals surface area contributed by atoms with Crippen LogP contribution in [0.15, 0.2) is 12.4 Å². The molecule has 0 amide bonds. The first-order valence-corrected chi connectivity index (χ1v) is 7.92. The molecular formula is C11H19N3S2. The summed E-state index contributed by atoms with van der Waals surface area (Å²) in [5.41, 5.74) is 1.32. The van der Waals surface area contributed by atoms with Gasteiger partial charge in [0, 0.05) is 42.3 Å². The quantitative estimate of drug-likeness (QED) is 0.808. The predicted octanol–water partition coefficient (Wildman–Crippen LogP) is 1.40. The lowest BCUT2D eigenvalue weighted by Gasteiger charge is -2.21. The molecule has 0 bridgehead atoms. The maximum atomic E-state index is 4.17. The van der Waals surface area contributed by atoms with E-state index >= 15 is 0 Å². The molecule has 1 aromatic heterocycles. The third-order valence-electron chi connectivity index (χ3n) is 2.61. The topological polar surface area (TPSA) is 29.9 Å². The van der Waals surface area contributed by atoms with Gasteiger partial charge in [-0.05, 0) is 18.5 Å². The molecule has 2 heterocycles. The van der Waals surface area contributed by atoms with E-state index in [1.54, 1.807) is 0 Å². The number of aryl methyl sites for hydroxylation is 1. The van der Waals surface area contributed by atoms with E-state index in [4.69, 9.17) is 0 Å². The molecule has 1 atom stereocenters. The van der Waals surface area contributed by atoms with E-state index in [1.165, 1.54) is 22.8 Å². The van der Waals surface area contributed by atoms with Crippen LogP contribution in [0.5, 0.6) is 0 Å². The van der Waals surface area contributed by atoms with Crippen molar-refractivity contribution in [3.05, 3.63) is 18.0 Å². The molecule has 90 valence electrons. The number of rotatable bonds is 5. The highest BCUT2D eigenvalue weighted by molar-refractivity contribution is 8.06. The second kappa shape index (κ2) is 6.57. The van der Waals surface area contributed by atoms with E-state index in [2.05, 4.69) is 40.1 Å². The number of nitrogens with zero attached hydrogens (tertiary/aromatic N) is 2. The summed E-state index contributed by atoms with van der Waals surface area (Å²) in [7, 11) is 1.97. The number of thioether (sulfide) groups is 2. The van der Waals surface area contributed by atoms with Crippen LogP contribution in [0.25, 0.3) is 0 Å². The maximum absolute atomic E-state index is 4.17. The van der Waals surface area contributed by atoms with Crippen LogP contribution >= 0.6 is 23.5 Å². The van der Waals surface area contributed by atoms with Gasteiger partial charge in [0.15, 0.2) is 0 Å². The molecule has 1 unspecified atom stereocenters. The van der Waals surface area contributed by atoms with Crippen LogP contribution in [0.3, 0.4) is 0 Å². The third kappa shape index (κ3) is 4.03. The molecule has 5 heteroatoms. The van der Waals surface area contributed by atoms with Gasteiger partial charge >= 0.3 is 0 Å². The smallest absolute Gasteiger partial charge is 0.0522 e. The zero-order valence-electron chi connectivity index (χ0n) is 9.69. The van der Waals surface area contributed by atoms with Gasteiger partial charge in [0.05, 0.1) is 6.20 Å². The Labute approximate surface area is 106 Å². The summed E-state index contributed by atoms with van der Waals surface area (Å²) >= 11 is 4.20.